The Kier molecular flexibility index (Phi) is 4.95. The maximum Gasteiger partial charge on any atom is 0.0652 e. The second kappa shape index (κ2) is 5.19. The summed E-state index contributed by atoms with van der Waals surface area (Å²) in [5.41, 5.74) is 0. The molecule has 0 bridgehead atoms. The monoisotopic (exact) mass is 215 g/mol. The molecule has 0 amide bonds. The predicted octanol–water partition coefficient (Wildman–Crippen LogP) is 2.52. The molecule has 2 heteroatoms. The zero-order chi connectivity index (χ0) is 7.40. The van der Waals surface area contributed by atoms with Gasteiger partial charge in [-0.2, -0.15) is 0 Å². The number of hydrogen-bond donors (Lipinski definition) is 0. The average Bonchev–Trinajstić information content (AvgIpc) is 2.04. The van der Waals surface area contributed by atoms with Crippen molar-refractivity contribution in [1.82, 2.24) is 4.90 Å². The highest BCUT2D eigenvalue weighted by atomic mass is 79.9. The summed E-state index contributed by atoms with van der Waals surface area (Å²) in [6.07, 6.45) is 10.3. The molecule has 0 spiro atoms. The first-order chi connectivity index (χ1) is 4.88. The highest BCUT2D eigenvalue weighted by Crippen LogP contribution is 2.07. The zero-order valence-corrected chi connectivity index (χ0v) is 8.45. The van der Waals surface area contributed by atoms with E-state index in [-0.39, 0.29) is 17.0 Å². The Morgan fingerprint density at radius 1 is 1.55 bits per heavy atom. The van der Waals surface area contributed by atoms with Gasteiger partial charge in [-0.3, -0.25) is 0 Å². The molecule has 0 radical (unpaired) electrons. The fourth-order valence-electron chi connectivity index (χ4n) is 1.08. The topological polar surface area (TPSA) is 3.24 Å². The third-order valence-electron chi connectivity index (χ3n) is 1.69. The minimum Gasteiger partial charge on any atom is -0.368 e. The summed E-state index contributed by atoms with van der Waals surface area (Å²) in [5, 5.41) is 0. The van der Waals surface area contributed by atoms with Crippen molar-refractivity contribution in [2.75, 3.05) is 6.54 Å². The van der Waals surface area contributed by atoms with Gasteiger partial charge in [0.1, 0.15) is 0 Å². The second-order valence-electron chi connectivity index (χ2n) is 2.28. The second-order valence-corrected chi connectivity index (χ2v) is 2.28. The fourth-order valence-corrected chi connectivity index (χ4v) is 1.08. The molecule has 1 atom stereocenters. The van der Waals surface area contributed by atoms with Gasteiger partial charge in [0.05, 0.1) is 6.04 Å². The Morgan fingerprint density at radius 2 is 2.27 bits per heavy atom. The number of allylic oxidation sites excluding steroid dienone is 2. The molecular weight excluding hydrogens is 202 g/mol. The quantitative estimate of drug-likeness (QED) is 0.641. The van der Waals surface area contributed by atoms with Gasteiger partial charge in [-0.15, -0.1) is 23.6 Å². The molecule has 0 aromatic carbocycles. The molecule has 0 aliphatic carbocycles. The van der Waals surface area contributed by atoms with Crippen LogP contribution in [0.5, 0.6) is 0 Å². The molecule has 0 saturated carbocycles. The van der Waals surface area contributed by atoms with Gasteiger partial charge in [-0.25, -0.2) is 0 Å². The van der Waals surface area contributed by atoms with E-state index >= 15 is 0 Å². The summed E-state index contributed by atoms with van der Waals surface area (Å²) in [4.78, 5) is 2.23. The maximum absolute atomic E-state index is 3.76. The van der Waals surface area contributed by atoms with E-state index in [4.69, 9.17) is 0 Å². The smallest absolute Gasteiger partial charge is 0.0652 e. The molecule has 1 rings (SSSR count). The van der Waals surface area contributed by atoms with Crippen LogP contribution in [0.1, 0.15) is 6.92 Å². The van der Waals surface area contributed by atoms with Gasteiger partial charge >= 0.3 is 0 Å². The van der Waals surface area contributed by atoms with E-state index in [1.54, 1.807) is 0 Å². The first-order valence-electron chi connectivity index (χ1n) is 3.61. The molecule has 0 fully saturated rings. The number of nitrogens with zero attached hydrogens (tertiary/aromatic N) is 1. The van der Waals surface area contributed by atoms with Gasteiger partial charge in [0.25, 0.3) is 0 Å². The van der Waals surface area contributed by atoms with Gasteiger partial charge in [0.2, 0.25) is 0 Å². The van der Waals surface area contributed by atoms with E-state index in [0.29, 0.717) is 6.04 Å². The SMILES string of the molecule is Br.C=CC1C=CC=CN1CC. The normalized spacial score (nSPS) is 21.2. The summed E-state index contributed by atoms with van der Waals surface area (Å²) in [6, 6.07) is 0.398. The first kappa shape index (κ1) is 10.5. The number of hydrogen-bond acceptors (Lipinski definition) is 1. The minimum absolute atomic E-state index is 0. The molecule has 1 heterocycles. The lowest BCUT2D eigenvalue weighted by Gasteiger charge is -2.26. The molecule has 0 saturated heterocycles. The van der Waals surface area contributed by atoms with Gasteiger partial charge in [-0.05, 0) is 19.2 Å². The summed E-state index contributed by atoms with van der Waals surface area (Å²) < 4.78 is 0. The standard InChI is InChI=1S/C9H13N.BrH/c1-3-9-7-5-6-8-10(9)4-2;/h3,5-9H,1,4H2,2H3;1H. The molecule has 1 aliphatic rings. The van der Waals surface area contributed by atoms with Crippen LogP contribution in [0.2, 0.25) is 0 Å². The van der Waals surface area contributed by atoms with Crippen molar-refractivity contribution in [3.63, 3.8) is 0 Å². The first-order valence-corrected chi connectivity index (χ1v) is 3.61. The molecule has 1 unspecified atom stereocenters. The number of rotatable bonds is 2. The van der Waals surface area contributed by atoms with Crippen LogP contribution in [-0.4, -0.2) is 17.5 Å². The van der Waals surface area contributed by atoms with E-state index in [9.17, 15) is 0 Å². The van der Waals surface area contributed by atoms with Gasteiger partial charge in [0, 0.05) is 6.54 Å². The molecule has 0 N–H and O–H groups in total. The minimum atomic E-state index is 0. The van der Waals surface area contributed by atoms with E-state index in [1.807, 2.05) is 12.2 Å². The summed E-state index contributed by atoms with van der Waals surface area (Å²) in [5.74, 6) is 0. The molecule has 0 aromatic rings. The van der Waals surface area contributed by atoms with Crippen molar-refractivity contribution in [1.29, 1.82) is 0 Å². The Labute approximate surface area is 78.9 Å². The van der Waals surface area contributed by atoms with Crippen LogP contribution >= 0.6 is 17.0 Å². The van der Waals surface area contributed by atoms with Crippen LogP contribution < -0.4 is 0 Å². The van der Waals surface area contributed by atoms with Crippen LogP contribution in [0.25, 0.3) is 0 Å². The molecule has 1 nitrogen and oxygen atoms in total. The van der Waals surface area contributed by atoms with Gasteiger partial charge in [-0.1, -0.05) is 18.2 Å². The lowest BCUT2D eigenvalue weighted by atomic mass is 10.2. The van der Waals surface area contributed by atoms with Crippen molar-refractivity contribution in [2.45, 2.75) is 13.0 Å². The van der Waals surface area contributed by atoms with Crippen molar-refractivity contribution in [3.05, 3.63) is 37.1 Å². The lowest BCUT2D eigenvalue weighted by molar-refractivity contribution is 0.376. The van der Waals surface area contributed by atoms with E-state index in [0.717, 1.165) is 6.54 Å². The van der Waals surface area contributed by atoms with E-state index in [1.165, 1.54) is 0 Å². The maximum atomic E-state index is 3.76. The molecule has 0 aromatic heterocycles. The zero-order valence-electron chi connectivity index (χ0n) is 6.73. The average molecular weight is 216 g/mol. The Bertz CT molecular complexity index is 172. The highest BCUT2D eigenvalue weighted by Gasteiger charge is 2.06. The van der Waals surface area contributed by atoms with Crippen LogP contribution in [0.4, 0.5) is 0 Å². The van der Waals surface area contributed by atoms with Crippen LogP contribution in [0.3, 0.4) is 0 Å². The van der Waals surface area contributed by atoms with E-state index < -0.39 is 0 Å². The van der Waals surface area contributed by atoms with Crippen molar-refractivity contribution in [3.8, 4) is 0 Å². The van der Waals surface area contributed by atoms with Crippen molar-refractivity contribution < 1.29 is 0 Å². The third-order valence-corrected chi connectivity index (χ3v) is 1.69. The predicted molar refractivity (Wildman–Crippen MR) is 55.0 cm³/mol. The Hall–Kier alpha value is -0.500. The summed E-state index contributed by atoms with van der Waals surface area (Å²) in [6.45, 7) is 6.93. The lowest BCUT2D eigenvalue weighted by Crippen LogP contribution is -2.28. The van der Waals surface area contributed by atoms with Crippen LogP contribution in [-0.2, 0) is 0 Å². The molecule has 11 heavy (non-hydrogen) atoms. The van der Waals surface area contributed by atoms with E-state index in [2.05, 4.69) is 36.8 Å². The van der Waals surface area contributed by atoms with Gasteiger partial charge < -0.3 is 4.90 Å². The summed E-state index contributed by atoms with van der Waals surface area (Å²) >= 11 is 0. The number of halogens is 1. The molecular formula is C9H14BrN. The molecule has 1 aliphatic heterocycles. The Balaban J connectivity index is 0.000001000. The van der Waals surface area contributed by atoms with Crippen molar-refractivity contribution in [2.24, 2.45) is 0 Å². The summed E-state index contributed by atoms with van der Waals surface area (Å²) in [7, 11) is 0. The fraction of sp³-hybridized carbons (Fsp3) is 0.333. The molecule has 62 valence electrons. The van der Waals surface area contributed by atoms with Crippen molar-refractivity contribution >= 4 is 17.0 Å². The van der Waals surface area contributed by atoms with Crippen LogP contribution in [0.15, 0.2) is 37.1 Å². The van der Waals surface area contributed by atoms with Crippen LogP contribution in [0, 0.1) is 0 Å². The Morgan fingerprint density at radius 3 is 2.73 bits per heavy atom. The highest BCUT2D eigenvalue weighted by molar-refractivity contribution is 8.93. The third kappa shape index (κ3) is 2.54. The van der Waals surface area contributed by atoms with Gasteiger partial charge in [0.15, 0.2) is 0 Å². The number of likely N-dealkylation sites (N-methyl/N-ethyl adjacent to an activating group) is 1. The largest absolute Gasteiger partial charge is 0.368 e.